The van der Waals surface area contributed by atoms with E-state index in [1.54, 1.807) is 12.1 Å². The van der Waals surface area contributed by atoms with E-state index in [-0.39, 0.29) is 10.9 Å². The largest absolute Gasteiger partial charge is 0.391 e. The van der Waals surface area contributed by atoms with Crippen molar-refractivity contribution in [1.82, 2.24) is 14.2 Å². The van der Waals surface area contributed by atoms with Crippen LogP contribution in [0.3, 0.4) is 0 Å². The molecule has 0 amide bonds. The molecule has 2 N–H and O–H groups in total. The fourth-order valence-electron chi connectivity index (χ4n) is 3.16. The summed E-state index contributed by atoms with van der Waals surface area (Å²) in [6.45, 7) is 4.31. The number of nitrogens with one attached hydrogen (secondary N) is 1. The highest BCUT2D eigenvalue weighted by Gasteiger charge is 2.27. The number of aliphatic hydroxyl groups excluding tert-OH is 1. The van der Waals surface area contributed by atoms with Gasteiger partial charge in [0, 0.05) is 38.8 Å². The topological polar surface area (TPSA) is 85.8 Å². The Morgan fingerprint density at radius 3 is 2.39 bits per heavy atom. The minimum atomic E-state index is -3.52. The average molecular weight is 405 g/mol. The summed E-state index contributed by atoms with van der Waals surface area (Å²) in [6.07, 6.45) is 1.33. The molecule has 0 radical (unpaired) electrons. The lowest BCUT2D eigenvalue weighted by molar-refractivity contribution is 0.158. The second-order valence-electron chi connectivity index (χ2n) is 7.28. The van der Waals surface area contributed by atoms with Gasteiger partial charge < -0.3 is 15.3 Å². The molecule has 2 aromatic rings. The first-order valence-electron chi connectivity index (χ1n) is 9.49. The number of likely N-dealkylation sites (N-methyl/N-ethyl adjacent to an activating group) is 1. The van der Waals surface area contributed by atoms with Gasteiger partial charge in [-0.1, -0.05) is 30.3 Å². The van der Waals surface area contributed by atoms with Crippen LogP contribution in [0.2, 0.25) is 0 Å². The number of pyridine rings is 1. The molecule has 28 heavy (non-hydrogen) atoms. The Labute approximate surface area is 167 Å². The fraction of sp³-hybridized carbons (Fsp3) is 0.450. The number of hydrogen-bond acceptors (Lipinski definition) is 6. The zero-order valence-corrected chi connectivity index (χ0v) is 17.1. The summed E-state index contributed by atoms with van der Waals surface area (Å²) in [5.74, 6) is 0.539. The van der Waals surface area contributed by atoms with Crippen molar-refractivity contribution < 1.29 is 13.5 Å². The summed E-state index contributed by atoms with van der Waals surface area (Å²) in [5.41, 5.74) is 1.06. The van der Waals surface area contributed by atoms with Gasteiger partial charge in [0.25, 0.3) is 0 Å². The molecule has 1 fully saturated rings. The monoisotopic (exact) mass is 404 g/mol. The minimum Gasteiger partial charge on any atom is -0.391 e. The van der Waals surface area contributed by atoms with Gasteiger partial charge in [0.15, 0.2) is 0 Å². The highest BCUT2D eigenvalue weighted by Crippen LogP contribution is 2.18. The summed E-state index contributed by atoms with van der Waals surface area (Å²) in [4.78, 5) is 6.55. The third-order valence-electron chi connectivity index (χ3n) is 5.08. The van der Waals surface area contributed by atoms with Gasteiger partial charge in [-0.3, -0.25) is 0 Å². The Kier molecular flexibility index (Phi) is 6.66. The van der Waals surface area contributed by atoms with E-state index in [0.717, 1.165) is 18.7 Å². The number of piperazine rings is 1. The van der Waals surface area contributed by atoms with Gasteiger partial charge in [0.1, 0.15) is 10.7 Å². The van der Waals surface area contributed by atoms with Crippen LogP contribution >= 0.6 is 0 Å². The number of rotatable bonds is 7. The number of nitrogens with zero attached hydrogens (tertiary/aromatic N) is 3. The Morgan fingerprint density at radius 2 is 1.79 bits per heavy atom. The van der Waals surface area contributed by atoms with Crippen LogP contribution < -0.4 is 5.32 Å². The molecule has 1 aromatic carbocycles. The summed E-state index contributed by atoms with van der Waals surface area (Å²) < 4.78 is 27.0. The van der Waals surface area contributed by atoms with Gasteiger partial charge in [-0.2, -0.15) is 4.31 Å². The zero-order chi connectivity index (χ0) is 20.1. The molecular formula is C20H28N4O3S. The van der Waals surface area contributed by atoms with Crippen molar-refractivity contribution in [1.29, 1.82) is 0 Å². The molecule has 152 valence electrons. The maximum Gasteiger partial charge on any atom is 0.244 e. The van der Waals surface area contributed by atoms with Gasteiger partial charge in [-0.15, -0.1) is 0 Å². The highest BCUT2D eigenvalue weighted by molar-refractivity contribution is 7.89. The normalized spacial score (nSPS) is 18.5. The first kappa shape index (κ1) is 20.7. The predicted octanol–water partition coefficient (Wildman–Crippen LogP) is 1.42. The fourth-order valence-corrected chi connectivity index (χ4v) is 4.53. The molecular weight excluding hydrogens is 376 g/mol. The van der Waals surface area contributed by atoms with Gasteiger partial charge >= 0.3 is 0 Å². The summed E-state index contributed by atoms with van der Waals surface area (Å²) in [6, 6.07) is 12.8. The Morgan fingerprint density at radius 1 is 1.11 bits per heavy atom. The van der Waals surface area contributed by atoms with E-state index < -0.39 is 16.1 Å². The summed E-state index contributed by atoms with van der Waals surface area (Å²) >= 11 is 0. The number of benzene rings is 1. The number of aromatic nitrogens is 1. The van der Waals surface area contributed by atoms with E-state index in [1.807, 2.05) is 44.3 Å². The zero-order valence-electron chi connectivity index (χ0n) is 16.3. The predicted molar refractivity (Wildman–Crippen MR) is 110 cm³/mol. The molecule has 2 atom stereocenters. The van der Waals surface area contributed by atoms with Gasteiger partial charge in [-0.25, -0.2) is 13.4 Å². The molecule has 2 heterocycles. The third-order valence-corrected chi connectivity index (χ3v) is 6.96. The van der Waals surface area contributed by atoms with Crippen LogP contribution in [-0.2, 0) is 16.4 Å². The van der Waals surface area contributed by atoms with Crippen molar-refractivity contribution in [2.75, 3.05) is 38.5 Å². The van der Waals surface area contributed by atoms with Gasteiger partial charge in [0.05, 0.1) is 12.1 Å². The Balaban J connectivity index is 1.60. The van der Waals surface area contributed by atoms with Crippen molar-refractivity contribution in [2.45, 2.75) is 30.4 Å². The quantitative estimate of drug-likeness (QED) is 0.726. The van der Waals surface area contributed by atoms with E-state index >= 15 is 0 Å². The van der Waals surface area contributed by atoms with Crippen molar-refractivity contribution >= 4 is 15.8 Å². The maximum absolute atomic E-state index is 12.7. The standard InChI is InChI=1S/C20H28N4O3S/c1-16(19(25)14-17-6-4-3-5-7-17)22-20-9-8-18(15-21-20)28(26,27)24-12-10-23(2)11-13-24/h3-9,15-16,19,25H,10-14H2,1-2H3,(H,21,22). The van der Waals surface area contributed by atoms with Crippen molar-refractivity contribution in [3.8, 4) is 0 Å². The lowest BCUT2D eigenvalue weighted by Gasteiger charge is -2.31. The van der Waals surface area contributed by atoms with Gasteiger partial charge in [-0.05, 0) is 31.7 Å². The van der Waals surface area contributed by atoms with Crippen molar-refractivity contribution in [3.63, 3.8) is 0 Å². The SMILES string of the molecule is CC(Nc1ccc(S(=O)(=O)N2CCN(C)CC2)cn1)C(O)Cc1ccccc1. The van der Waals surface area contributed by atoms with Crippen LogP contribution in [0.5, 0.6) is 0 Å². The summed E-state index contributed by atoms with van der Waals surface area (Å²) in [7, 11) is -1.54. The Bertz CT molecular complexity index is 851. The van der Waals surface area contributed by atoms with Crippen LogP contribution in [-0.4, -0.2) is 73.1 Å². The molecule has 1 aromatic heterocycles. The molecule has 0 saturated carbocycles. The van der Waals surface area contributed by atoms with E-state index in [0.29, 0.717) is 25.3 Å². The molecule has 1 aliphatic rings. The van der Waals surface area contributed by atoms with E-state index in [9.17, 15) is 13.5 Å². The first-order valence-corrected chi connectivity index (χ1v) is 10.9. The molecule has 7 nitrogen and oxygen atoms in total. The highest BCUT2D eigenvalue weighted by atomic mass is 32.2. The second-order valence-corrected chi connectivity index (χ2v) is 9.21. The molecule has 8 heteroatoms. The van der Waals surface area contributed by atoms with Gasteiger partial charge in [0.2, 0.25) is 10.0 Å². The number of sulfonamides is 1. The van der Waals surface area contributed by atoms with Crippen LogP contribution in [0.4, 0.5) is 5.82 Å². The van der Waals surface area contributed by atoms with E-state index in [4.69, 9.17) is 0 Å². The number of aliphatic hydroxyl groups is 1. The molecule has 1 aliphatic heterocycles. The third kappa shape index (κ3) is 5.08. The Hall–Kier alpha value is -2.00. The first-order chi connectivity index (χ1) is 13.4. The minimum absolute atomic E-state index is 0.195. The lowest BCUT2D eigenvalue weighted by Crippen LogP contribution is -2.47. The van der Waals surface area contributed by atoms with Crippen LogP contribution in [0.25, 0.3) is 0 Å². The van der Waals surface area contributed by atoms with Crippen molar-refractivity contribution in [3.05, 3.63) is 54.2 Å². The second kappa shape index (κ2) is 9.00. The molecule has 0 aliphatic carbocycles. The van der Waals surface area contributed by atoms with Crippen LogP contribution in [0, 0.1) is 0 Å². The van der Waals surface area contributed by atoms with Crippen LogP contribution in [0.1, 0.15) is 12.5 Å². The molecule has 0 bridgehead atoms. The summed E-state index contributed by atoms with van der Waals surface area (Å²) in [5, 5.41) is 13.6. The average Bonchev–Trinajstić information content (AvgIpc) is 2.69. The number of hydrogen-bond donors (Lipinski definition) is 2. The molecule has 2 unspecified atom stereocenters. The van der Waals surface area contributed by atoms with E-state index in [1.165, 1.54) is 10.5 Å². The van der Waals surface area contributed by atoms with Crippen LogP contribution in [0.15, 0.2) is 53.6 Å². The molecule has 3 rings (SSSR count). The van der Waals surface area contributed by atoms with E-state index in [2.05, 4.69) is 15.2 Å². The van der Waals surface area contributed by atoms with Crippen molar-refractivity contribution in [2.24, 2.45) is 0 Å². The molecule has 1 saturated heterocycles. The lowest BCUT2D eigenvalue weighted by atomic mass is 10.0. The maximum atomic E-state index is 12.7. The smallest absolute Gasteiger partial charge is 0.244 e. The number of anilines is 1. The molecule has 0 spiro atoms.